The Hall–Kier alpha value is -1.88. The van der Waals surface area contributed by atoms with Crippen molar-refractivity contribution in [2.45, 2.75) is 26.7 Å². The molecule has 1 fully saturated rings. The molecule has 2 atom stereocenters. The summed E-state index contributed by atoms with van der Waals surface area (Å²) < 4.78 is 0. The van der Waals surface area contributed by atoms with Crippen molar-refractivity contribution < 1.29 is 4.79 Å². The Morgan fingerprint density at radius 3 is 3.00 bits per heavy atom. The van der Waals surface area contributed by atoms with Crippen molar-refractivity contribution in [2.75, 3.05) is 11.1 Å². The summed E-state index contributed by atoms with van der Waals surface area (Å²) in [5.74, 6) is 0.952. The standard InChI is InChI=1S/C15H17ClN4O/c1-3-15(2)6-10(15)14(21)20-12-5-8-4-11(16)19-13(17)9(8)7-18-12/h4-5,7,10H,3,6H2,1-2H3,(H2,17,19)(H,18,20,21). The smallest absolute Gasteiger partial charge is 0.229 e. The number of halogens is 1. The molecule has 0 aromatic carbocycles. The van der Waals surface area contributed by atoms with Gasteiger partial charge in [-0.25, -0.2) is 9.97 Å². The van der Waals surface area contributed by atoms with Gasteiger partial charge in [0, 0.05) is 17.5 Å². The second-order valence-corrected chi connectivity index (χ2v) is 6.26. The van der Waals surface area contributed by atoms with Gasteiger partial charge in [0.05, 0.1) is 0 Å². The van der Waals surface area contributed by atoms with E-state index in [4.69, 9.17) is 17.3 Å². The summed E-state index contributed by atoms with van der Waals surface area (Å²) in [5, 5.41) is 4.73. The normalized spacial score (nSPS) is 24.0. The number of pyridine rings is 2. The van der Waals surface area contributed by atoms with Crippen LogP contribution in [0.15, 0.2) is 18.3 Å². The first-order chi connectivity index (χ1) is 9.93. The second kappa shape index (κ2) is 4.84. The Labute approximate surface area is 127 Å². The molecule has 5 nitrogen and oxygen atoms in total. The maximum atomic E-state index is 12.2. The number of carbonyl (C=O) groups excluding carboxylic acids is 1. The first-order valence-electron chi connectivity index (χ1n) is 6.95. The molecule has 3 N–H and O–H groups in total. The van der Waals surface area contributed by atoms with E-state index >= 15 is 0 Å². The first kappa shape index (κ1) is 14.1. The van der Waals surface area contributed by atoms with Crippen LogP contribution < -0.4 is 11.1 Å². The van der Waals surface area contributed by atoms with E-state index in [9.17, 15) is 4.79 Å². The molecule has 110 valence electrons. The van der Waals surface area contributed by atoms with Crippen LogP contribution in [0, 0.1) is 11.3 Å². The van der Waals surface area contributed by atoms with E-state index < -0.39 is 0 Å². The highest BCUT2D eigenvalue weighted by molar-refractivity contribution is 6.30. The molecule has 2 aromatic heterocycles. The lowest BCUT2D eigenvalue weighted by Crippen LogP contribution is -2.18. The highest BCUT2D eigenvalue weighted by Crippen LogP contribution is 2.55. The minimum absolute atomic E-state index is 0.0272. The number of carbonyl (C=O) groups is 1. The van der Waals surface area contributed by atoms with Gasteiger partial charge in [0.15, 0.2) is 0 Å². The molecule has 0 aliphatic heterocycles. The lowest BCUT2D eigenvalue weighted by Gasteiger charge is -2.09. The number of amides is 1. The summed E-state index contributed by atoms with van der Waals surface area (Å²) in [6.45, 7) is 4.25. The first-order valence-corrected chi connectivity index (χ1v) is 7.33. The molecule has 0 spiro atoms. The maximum absolute atomic E-state index is 12.2. The average molecular weight is 305 g/mol. The molecular weight excluding hydrogens is 288 g/mol. The monoisotopic (exact) mass is 304 g/mol. The Bertz CT molecular complexity index is 733. The van der Waals surface area contributed by atoms with Crippen LogP contribution in [0.1, 0.15) is 26.7 Å². The number of nitrogens with two attached hydrogens (primary N) is 1. The van der Waals surface area contributed by atoms with Gasteiger partial charge in [0.25, 0.3) is 0 Å². The molecule has 1 amide bonds. The predicted molar refractivity (Wildman–Crippen MR) is 84.1 cm³/mol. The molecule has 2 aromatic rings. The van der Waals surface area contributed by atoms with Gasteiger partial charge < -0.3 is 11.1 Å². The number of nitrogens with one attached hydrogen (secondary N) is 1. The minimum atomic E-state index is 0.0272. The number of anilines is 2. The van der Waals surface area contributed by atoms with Crippen LogP contribution in [0.5, 0.6) is 0 Å². The van der Waals surface area contributed by atoms with Crippen molar-refractivity contribution in [3.8, 4) is 0 Å². The van der Waals surface area contributed by atoms with Crippen molar-refractivity contribution in [2.24, 2.45) is 11.3 Å². The Balaban J connectivity index is 1.84. The lowest BCUT2D eigenvalue weighted by molar-refractivity contribution is -0.118. The molecule has 0 radical (unpaired) electrons. The van der Waals surface area contributed by atoms with E-state index in [1.807, 2.05) is 0 Å². The summed E-state index contributed by atoms with van der Waals surface area (Å²) in [7, 11) is 0. The van der Waals surface area contributed by atoms with E-state index in [-0.39, 0.29) is 17.2 Å². The summed E-state index contributed by atoms with van der Waals surface area (Å²) >= 11 is 5.90. The van der Waals surface area contributed by atoms with Crippen LogP contribution >= 0.6 is 11.6 Å². The van der Waals surface area contributed by atoms with Gasteiger partial charge in [0.1, 0.15) is 16.8 Å². The Kier molecular flexibility index (Phi) is 3.24. The topological polar surface area (TPSA) is 80.9 Å². The molecule has 21 heavy (non-hydrogen) atoms. The minimum Gasteiger partial charge on any atom is -0.383 e. The molecule has 2 heterocycles. The number of fused-ring (bicyclic) bond motifs is 1. The third-order valence-corrected chi connectivity index (χ3v) is 4.63. The van der Waals surface area contributed by atoms with Crippen molar-refractivity contribution >= 4 is 39.9 Å². The van der Waals surface area contributed by atoms with Crippen molar-refractivity contribution in [3.63, 3.8) is 0 Å². The van der Waals surface area contributed by atoms with Gasteiger partial charge in [-0.2, -0.15) is 0 Å². The SMILES string of the molecule is CCC1(C)CC1C(=O)Nc1cc2cc(Cl)nc(N)c2cn1. The average Bonchev–Trinajstić information content (AvgIpc) is 3.11. The van der Waals surface area contributed by atoms with Crippen LogP contribution in [0.2, 0.25) is 5.15 Å². The fraction of sp³-hybridized carbons (Fsp3) is 0.400. The van der Waals surface area contributed by atoms with Crippen LogP contribution in [-0.4, -0.2) is 15.9 Å². The number of aromatic nitrogens is 2. The molecule has 0 saturated heterocycles. The molecule has 0 bridgehead atoms. The molecular formula is C15H17ClN4O. The van der Waals surface area contributed by atoms with Gasteiger partial charge >= 0.3 is 0 Å². The maximum Gasteiger partial charge on any atom is 0.229 e. The second-order valence-electron chi connectivity index (χ2n) is 5.87. The zero-order valence-electron chi connectivity index (χ0n) is 12.0. The van der Waals surface area contributed by atoms with E-state index in [1.165, 1.54) is 0 Å². The van der Waals surface area contributed by atoms with Crippen LogP contribution in [0.25, 0.3) is 10.8 Å². The van der Waals surface area contributed by atoms with E-state index in [1.54, 1.807) is 18.3 Å². The van der Waals surface area contributed by atoms with Crippen LogP contribution in [0.3, 0.4) is 0 Å². The molecule has 1 saturated carbocycles. The summed E-state index contributed by atoms with van der Waals surface area (Å²) in [4.78, 5) is 20.4. The summed E-state index contributed by atoms with van der Waals surface area (Å²) in [5.41, 5.74) is 5.93. The van der Waals surface area contributed by atoms with Gasteiger partial charge in [-0.15, -0.1) is 0 Å². The third-order valence-electron chi connectivity index (χ3n) is 4.44. The highest BCUT2D eigenvalue weighted by Gasteiger charge is 2.52. The van der Waals surface area contributed by atoms with Crippen molar-refractivity contribution in [1.29, 1.82) is 0 Å². The van der Waals surface area contributed by atoms with Gasteiger partial charge in [-0.1, -0.05) is 25.4 Å². The van der Waals surface area contributed by atoms with Gasteiger partial charge in [-0.05, 0) is 35.8 Å². The fourth-order valence-electron chi connectivity index (χ4n) is 2.63. The third kappa shape index (κ3) is 2.53. The zero-order chi connectivity index (χ0) is 15.2. The number of rotatable bonds is 3. The summed E-state index contributed by atoms with van der Waals surface area (Å²) in [6, 6.07) is 3.47. The van der Waals surface area contributed by atoms with Gasteiger partial charge in [0.2, 0.25) is 5.91 Å². The number of hydrogen-bond donors (Lipinski definition) is 2. The van der Waals surface area contributed by atoms with Crippen LogP contribution in [-0.2, 0) is 4.79 Å². The molecule has 1 aliphatic carbocycles. The molecule has 1 aliphatic rings. The van der Waals surface area contributed by atoms with Gasteiger partial charge in [-0.3, -0.25) is 4.79 Å². The fourth-order valence-corrected chi connectivity index (χ4v) is 2.84. The number of nitrogen functional groups attached to an aromatic ring is 1. The molecule has 2 unspecified atom stereocenters. The zero-order valence-corrected chi connectivity index (χ0v) is 12.7. The van der Waals surface area contributed by atoms with E-state index in [0.29, 0.717) is 16.8 Å². The quantitative estimate of drug-likeness (QED) is 0.853. The molecule has 3 rings (SSSR count). The largest absolute Gasteiger partial charge is 0.383 e. The van der Waals surface area contributed by atoms with Crippen molar-refractivity contribution in [3.05, 3.63) is 23.5 Å². The van der Waals surface area contributed by atoms with Crippen LogP contribution in [0.4, 0.5) is 11.6 Å². The lowest BCUT2D eigenvalue weighted by atomic mass is 10.0. The Morgan fingerprint density at radius 1 is 1.57 bits per heavy atom. The summed E-state index contributed by atoms with van der Waals surface area (Å²) in [6.07, 6.45) is 3.55. The predicted octanol–water partition coefficient (Wildman–Crippen LogP) is 3.24. The highest BCUT2D eigenvalue weighted by atomic mass is 35.5. The van der Waals surface area contributed by atoms with Crippen molar-refractivity contribution in [1.82, 2.24) is 9.97 Å². The Morgan fingerprint density at radius 2 is 2.33 bits per heavy atom. The van der Waals surface area contributed by atoms with E-state index in [2.05, 4.69) is 29.1 Å². The molecule has 6 heteroatoms. The number of nitrogens with zero attached hydrogens (tertiary/aromatic N) is 2. The van der Waals surface area contributed by atoms with E-state index in [0.717, 1.165) is 23.6 Å². The number of hydrogen-bond acceptors (Lipinski definition) is 4.